The fourth-order valence-corrected chi connectivity index (χ4v) is 5.92. The summed E-state index contributed by atoms with van der Waals surface area (Å²) >= 11 is 6.37. The van der Waals surface area contributed by atoms with Gasteiger partial charge in [0.05, 0.1) is 54.0 Å². The molecule has 254 valence electrons. The van der Waals surface area contributed by atoms with Crippen LogP contribution in [-0.2, 0) is 14.6 Å². The molecule has 0 saturated heterocycles. The monoisotopic (exact) mass is 696 g/mol. The van der Waals surface area contributed by atoms with Gasteiger partial charge in [-0.15, -0.1) is 0 Å². The van der Waals surface area contributed by atoms with Crippen molar-refractivity contribution in [1.29, 1.82) is 0 Å². The number of carbonyl (C=O) groups is 2. The van der Waals surface area contributed by atoms with Crippen molar-refractivity contribution < 1.29 is 32.6 Å². The summed E-state index contributed by atoms with van der Waals surface area (Å²) in [6, 6.07) is 14.2. The lowest BCUT2D eigenvalue weighted by molar-refractivity contribution is -0.115. The van der Waals surface area contributed by atoms with Crippen LogP contribution in [0.2, 0.25) is 5.02 Å². The molecule has 0 spiro atoms. The number of hydrogen-bond donors (Lipinski definition) is 5. The summed E-state index contributed by atoms with van der Waals surface area (Å²) in [4.78, 5) is 34.4. The molecule has 4 aromatic rings. The second-order valence-corrected chi connectivity index (χ2v) is 14.0. The van der Waals surface area contributed by atoms with Gasteiger partial charge in [0.15, 0.2) is 15.7 Å². The number of methoxy groups -OCH3 is 2. The minimum absolute atomic E-state index is 0.0186. The van der Waals surface area contributed by atoms with Gasteiger partial charge in [0, 0.05) is 11.8 Å². The van der Waals surface area contributed by atoms with Gasteiger partial charge in [-0.2, -0.15) is 4.98 Å². The number of carbonyl (C=O) groups excluding carboxylic acids is 2. The highest BCUT2D eigenvalue weighted by Gasteiger charge is 2.23. The minimum atomic E-state index is -3.61. The molecule has 0 aliphatic rings. The molecule has 0 saturated carbocycles. The summed E-state index contributed by atoms with van der Waals surface area (Å²) in [5.74, 6) is -0.285. The summed E-state index contributed by atoms with van der Waals surface area (Å²) in [5.41, 5.74) is 1.81. The van der Waals surface area contributed by atoms with E-state index in [4.69, 9.17) is 21.1 Å². The summed E-state index contributed by atoms with van der Waals surface area (Å²) in [6.07, 6.45) is 1.35. The number of rotatable bonds is 13. The first-order valence-electron chi connectivity index (χ1n) is 14.8. The number of phenols is 1. The highest BCUT2D eigenvalue weighted by Crippen LogP contribution is 2.34. The van der Waals surface area contributed by atoms with Crippen molar-refractivity contribution in [2.75, 3.05) is 36.7 Å². The standard InChI is InChI=1S/C33H37ClN6O7S/c1-18(2)21-14-22(26(41)15-28(21)47-6)32(43)35-17-30(42)37-20-11-12-27(46-5)25(13-20)39-33-36-16-23(34)31(40-33)38-24-9-7-8-10-29(24)48(44,45)19(3)4/h7-16,18-19,41H,17H2,1-6H3,(H,35,43)(H,37,42)(H2,36,38,39,40). The summed E-state index contributed by atoms with van der Waals surface area (Å²) in [7, 11) is -0.664. The highest BCUT2D eigenvalue weighted by atomic mass is 35.5. The first kappa shape index (κ1) is 35.8. The van der Waals surface area contributed by atoms with Crippen molar-refractivity contribution >= 4 is 62.1 Å². The van der Waals surface area contributed by atoms with Crippen LogP contribution in [0.3, 0.4) is 0 Å². The van der Waals surface area contributed by atoms with Gasteiger partial charge < -0.3 is 35.8 Å². The lowest BCUT2D eigenvalue weighted by Gasteiger charge is -2.16. The van der Waals surface area contributed by atoms with Crippen LogP contribution in [0, 0.1) is 0 Å². The fourth-order valence-electron chi connectivity index (χ4n) is 4.58. The van der Waals surface area contributed by atoms with Crippen LogP contribution in [-0.4, -0.2) is 61.3 Å². The van der Waals surface area contributed by atoms with Crippen LogP contribution in [0.4, 0.5) is 28.8 Å². The van der Waals surface area contributed by atoms with Gasteiger partial charge in [-0.1, -0.05) is 37.6 Å². The van der Waals surface area contributed by atoms with E-state index >= 15 is 0 Å². The van der Waals surface area contributed by atoms with Crippen LogP contribution in [0.15, 0.2) is 65.7 Å². The van der Waals surface area contributed by atoms with Crippen LogP contribution < -0.4 is 30.7 Å². The molecule has 48 heavy (non-hydrogen) atoms. The Morgan fingerprint density at radius 2 is 1.65 bits per heavy atom. The van der Waals surface area contributed by atoms with Gasteiger partial charge in [0.2, 0.25) is 11.9 Å². The number of anilines is 5. The van der Waals surface area contributed by atoms with Crippen molar-refractivity contribution in [3.63, 3.8) is 0 Å². The molecule has 0 bridgehead atoms. The number of nitrogens with zero attached hydrogens (tertiary/aromatic N) is 2. The molecule has 0 fully saturated rings. The number of aromatic hydroxyl groups is 1. The van der Waals surface area contributed by atoms with E-state index in [1.807, 2.05) is 13.8 Å². The second-order valence-electron chi connectivity index (χ2n) is 11.1. The summed E-state index contributed by atoms with van der Waals surface area (Å²) in [6.45, 7) is 6.68. The molecule has 1 aromatic heterocycles. The predicted octanol–water partition coefficient (Wildman–Crippen LogP) is 6.01. The molecular weight excluding hydrogens is 660 g/mol. The zero-order chi connectivity index (χ0) is 35.2. The van der Waals surface area contributed by atoms with E-state index in [9.17, 15) is 23.1 Å². The van der Waals surface area contributed by atoms with Gasteiger partial charge >= 0.3 is 0 Å². The van der Waals surface area contributed by atoms with Crippen molar-refractivity contribution in [1.82, 2.24) is 15.3 Å². The molecule has 0 unspecified atom stereocenters. The molecule has 15 heteroatoms. The molecule has 0 aliphatic carbocycles. The average molecular weight is 697 g/mol. The molecule has 4 rings (SSSR count). The Morgan fingerprint density at radius 3 is 2.31 bits per heavy atom. The van der Waals surface area contributed by atoms with Crippen LogP contribution in [0.25, 0.3) is 0 Å². The van der Waals surface area contributed by atoms with Gasteiger partial charge in [0.1, 0.15) is 22.3 Å². The van der Waals surface area contributed by atoms with Crippen molar-refractivity contribution in [2.24, 2.45) is 0 Å². The molecule has 1 heterocycles. The maximum absolute atomic E-state index is 12.9. The number of benzene rings is 3. The van der Waals surface area contributed by atoms with Crippen molar-refractivity contribution in [2.45, 2.75) is 43.8 Å². The van der Waals surface area contributed by atoms with E-state index in [2.05, 4.69) is 31.2 Å². The molecule has 0 aliphatic heterocycles. The lowest BCUT2D eigenvalue weighted by Crippen LogP contribution is -2.33. The smallest absolute Gasteiger partial charge is 0.255 e. The van der Waals surface area contributed by atoms with E-state index in [0.29, 0.717) is 28.6 Å². The highest BCUT2D eigenvalue weighted by molar-refractivity contribution is 7.92. The molecule has 0 radical (unpaired) electrons. The Kier molecular flexibility index (Phi) is 11.3. The van der Waals surface area contributed by atoms with E-state index in [-0.39, 0.29) is 45.5 Å². The van der Waals surface area contributed by atoms with E-state index in [1.165, 1.54) is 32.5 Å². The Balaban J connectivity index is 1.49. The third-order valence-corrected chi connectivity index (χ3v) is 9.65. The number of halogens is 1. The number of nitrogens with one attached hydrogen (secondary N) is 4. The maximum atomic E-state index is 12.9. The maximum Gasteiger partial charge on any atom is 0.255 e. The summed E-state index contributed by atoms with van der Waals surface area (Å²) < 4.78 is 36.6. The van der Waals surface area contributed by atoms with Gasteiger partial charge in [-0.05, 0) is 61.7 Å². The van der Waals surface area contributed by atoms with Crippen LogP contribution in [0.5, 0.6) is 17.2 Å². The molecule has 13 nitrogen and oxygen atoms in total. The summed E-state index contributed by atoms with van der Waals surface area (Å²) in [5, 5.41) is 21.1. The normalized spacial score (nSPS) is 11.3. The number of para-hydroxylation sites is 1. The molecule has 3 aromatic carbocycles. The van der Waals surface area contributed by atoms with Crippen molar-refractivity contribution in [3.8, 4) is 17.2 Å². The largest absolute Gasteiger partial charge is 0.507 e. The van der Waals surface area contributed by atoms with Crippen LogP contribution in [0.1, 0.15) is 49.5 Å². The zero-order valence-electron chi connectivity index (χ0n) is 27.2. The number of aromatic nitrogens is 2. The fraction of sp³-hybridized carbons (Fsp3) is 0.273. The molecule has 5 N–H and O–H groups in total. The van der Waals surface area contributed by atoms with E-state index < -0.39 is 26.9 Å². The average Bonchev–Trinajstić information content (AvgIpc) is 3.05. The zero-order valence-corrected chi connectivity index (χ0v) is 28.8. The Labute approximate surface area is 284 Å². The number of hydrogen-bond acceptors (Lipinski definition) is 11. The first-order chi connectivity index (χ1) is 22.7. The third kappa shape index (κ3) is 8.25. The van der Waals surface area contributed by atoms with Crippen LogP contribution >= 0.6 is 11.6 Å². The Bertz CT molecular complexity index is 1940. The van der Waals surface area contributed by atoms with E-state index in [0.717, 1.165) is 5.56 Å². The lowest BCUT2D eigenvalue weighted by atomic mass is 9.98. The Hall–Kier alpha value is -5.08. The molecular formula is C33H37ClN6O7S. The third-order valence-electron chi connectivity index (χ3n) is 7.17. The number of ether oxygens (including phenoxy) is 2. The number of phenolic OH excluding ortho intramolecular Hbond substituents is 1. The number of sulfone groups is 1. The first-order valence-corrected chi connectivity index (χ1v) is 16.7. The number of amides is 2. The predicted molar refractivity (Wildman–Crippen MR) is 185 cm³/mol. The van der Waals surface area contributed by atoms with Gasteiger partial charge in [0.25, 0.3) is 5.91 Å². The SMILES string of the molecule is COc1ccc(NC(=O)CNC(=O)c2cc(C(C)C)c(OC)cc2O)cc1Nc1ncc(Cl)c(Nc2ccccc2S(=O)(=O)C(C)C)n1. The van der Waals surface area contributed by atoms with Gasteiger partial charge in [-0.3, -0.25) is 9.59 Å². The topological polar surface area (TPSA) is 181 Å². The van der Waals surface area contributed by atoms with Crippen molar-refractivity contribution in [3.05, 3.63) is 76.9 Å². The molecule has 2 amide bonds. The minimum Gasteiger partial charge on any atom is -0.507 e. The quantitative estimate of drug-likeness (QED) is 0.110. The van der Waals surface area contributed by atoms with E-state index in [1.54, 1.807) is 56.3 Å². The van der Waals surface area contributed by atoms with Gasteiger partial charge in [-0.25, -0.2) is 13.4 Å². The Morgan fingerprint density at radius 1 is 0.938 bits per heavy atom. The molecule has 0 atom stereocenters. The second kappa shape index (κ2) is 15.2.